The van der Waals surface area contributed by atoms with E-state index in [1.807, 2.05) is 41.1 Å². The van der Waals surface area contributed by atoms with Gasteiger partial charge in [-0.1, -0.05) is 57.5 Å². The zero-order chi connectivity index (χ0) is 38.6. The molecule has 292 valence electrons. The van der Waals surface area contributed by atoms with Gasteiger partial charge in [0.1, 0.15) is 41.8 Å². The first kappa shape index (κ1) is 37.8. The van der Waals surface area contributed by atoms with Crippen LogP contribution in [0.2, 0.25) is 0 Å². The molecule has 2 aliphatic heterocycles. The number of sulfonamides is 1. The second-order valence-electron chi connectivity index (χ2n) is 16.4. The van der Waals surface area contributed by atoms with E-state index < -0.39 is 92.4 Å². The third-order valence-corrected chi connectivity index (χ3v) is 13.1. The first-order chi connectivity index (χ1) is 25.5. The van der Waals surface area contributed by atoms with Crippen molar-refractivity contribution in [1.29, 1.82) is 0 Å². The quantitative estimate of drug-likeness (QED) is 0.391. The summed E-state index contributed by atoms with van der Waals surface area (Å²) in [6.07, 6.45) is -2.07. The van der Waals surface area contributed by atoms with Crippen molar-refractivity contribution in [3.05, 3.63) is 48.5 Å². The maximum absolute atomic E-state index is 14.5. The molecule has 1 spiro atoms. The molecule has 2 aromatic carbocycles. The summed E-state index contributed by atoms with van der Waals surface area (Å²) in [4.78, 5) is 56.7. The van der Waals surface area contributed by atoms with Gasteiger partial charge in [-0.25, -0.2) is 22.0 Å². The van der Waals surface area contributed by atoms with Crippen LogP contribution in [0, 0.1) is 16.7 Å². The molecule has 2 aromatic rings. The maximum Gasteiger partial charge on any atom is 0.407 e. The number of halogens is 2. The predicted octanol–water partition coefficient (Wildman–Crippen LogP) is 4.15. The Balaban J connectivity index is 1.22. The Morgan fingerprint density at radius 3 is 2.39 bits per heavy atom. The summed E-state index contributed by atoms with van der Waals surface area (Å²) in [5.41, 5.74) is -1.99. The number of nitrogens with zero attached hydrogens (tertiary/aromatic N) is 1. The van der Waals surface area contributed by atoms with Crippen molar-refractivity contribution in [3.63, 3.8) is 0 Å². The number of para-hydroxylation sites is 1. The fourth-order valence-electron chi connectivity index (χ4n) is 7.59. The molecular weight excluding hydrogens is 727 g/mol. The minimum atomic E-state index is -4.12. The maximum atomic E-state index is 14.5. The number of hydrogen-bond donors (Lipinski definition) is 3. The average Bonchev–Trinajstić information content (AvgIpc) is 4.03. The molecule has 3 saturated carbocycles. The van der Waals surface area contributed by atoms with E-state index in [-0.39, 0.29) is 19.6 Å². The van der Waals surface area contributed by atoms with Crippen LogP contribution in [0.3, 0.4) is 0 Å². The van der Waals surface area contributed by atoms with E-state index in [9.17, 15) is 36.4 Å². The molecule has 7 rings (SSSR count). The number of carbonyl (C=O) groups is 4. The molecule has 4 fully saturated rings. The van der Waals surface area contributed by atoms with Crippen molar-refractivity contribution in [2.24, 2.45) is 16.7 Å². The lowest BCUT2D eigenvalue weighted by atomic mass is 9.70. The van der Waals surface area contributed by atoms with Crippen molar-refractivity contribution in [3.8, 4) is 22.6 Å². The van der Waals surface area contributed by atoms with Crippen molar-refractivity contribution in [2.75, 3.05) is 19.8 Å². The SMILES string of the molecule is CC(C)(C)[C@@H]1NC(=O)OCC2(CCC2)COc2cccc(c2)-c2ccccc2OC2C[C@@H](C(=O)NC3(C(=O)NS(=O)(=O)C4CC4)C[C@H]3C(F)F)N(C2)C1=O. The lowest BCUT2D eigenvalue weighted by Gasteiger charge is -2.41. The van der Waals surface area contributed by atoms with Crippen molar-refractivity contribution in [2.45, 2.75) is 101 Å². The summed E-state index contributed by atoms with van der Waals surface area (Å²) in [7, 11) is -4.12. The van der Waals surface area contributed by atoms with Crippen LogP contribution in [0.1, 0.15) is 65.7 Å². The standard InChI is InChI=1S/C38H46F2N4O9S/c1-36(2,3)30-33(46)44-19-24(17-28(44)32(45)42-38(18-27(38)31(39)40)34(47)43-54(49,50)25-12-13-25)53-29-11-5-4-10-26(29)22-8-6-9-23(16-22)51-20-37(14-7-15-37)21-52-35(48)41-30/h4-6,8-11,16,24-25,27-28,30-31H,7,12-15,17-21H2,1-3H3,(H,41,48)(H,42,45)(H,43,47)/t24?,27-,28-,30+,38?/m0/s1. The van der Waals surface area contributed by atoms with Crippen LogP contribution in [0.25, 0.3) is 11.1 Å². The van der Waals surface area contributed by atoms with Gasteiger partial charge in [0.25, 0.3) is 5.91 Å². The highest BCUT2D eigenvalue weighted by Gasteiger charge is 2.67. The molecule has 5 aliphatic rings. The highest BCUT2D eigenvalue weighted by Crippen LogP contribution is 2.49. The minimum Gasteiger partial charge on any atom is -0.493 e. The summed E-state index contributed by atoms with van der Waals surface area (Å²) in [5, 5.41) is 4.34. The summed E-state index contributed by atoms with van der Waals surface area (Å²) >= 11 is 0. The van der Waals surface area contributed by atoms with E-state index in [1.165, 1.54) is 4.90 Å². The lowest BCUT2D eigenvalue weighted by Crippen LogP contribution is -2.60. The van der Waals surface area contributed by atoms with Gasteiger partial charge in [0.05, 0.1) is 24.3 Å². The third kappa shape index (κ3) is 7.58. The molecule has 5 atom stereocenters. The number of amides is 4. The predicted molar refractivity (Wildman–Crippen MR) is 191 cm³/mol. The van der Waals surface area contributed by atoms with E-state index in [0.29, 0.717) is 30.9 Å². The van der Waals surface area contributed by atoms with Crippen LogP contribution in [-0.4, -0.2) is 92.3 Å². The number of nitrogens with one attached hydrogen (secondary N) is 3. The average molecular weight is 773 g/mol. The molecule has 1 saturated heterocycles. The Kier molecular flexibility index (Phi) is 9.80. The smallest absolute Gasteiger partial charge is 0.407 e. The Morgan fingerprint density at radius 1 is 1.02 bits per heavy atom. The zero-order valence-electron chi connectivity index (χ0n) is 30.4. The highest BCUT2D eigenvalue weighted by molar-refractivity contribution is 7.91. The van der Waals surface area contributed by atoms with Gasteiger partial charge < -0.3 is 29.7 Å². The number of alkyl carbamates (subject to hydrolysis) is 1. The second-order valence-corrected chi connectivity index (χ2v) is 18.4. The summed E-state index contributed by atoms with van der Waals surface area (Å²) < 4.78 is 73.9. The van der Waals surface area contributed by atoms with Crippen LogP contribution >= 0.6 is 0 Å². The van der Waals surface area contributed by atoms with Crippen LogP contribution < -0.4 is 24.8 Å². The summed E-state index contributed by atoms with van der Waals surface area (Å²) in [5.74, 6) is -3.38. The number of hydrogen-bond acceptors (Lipinski definition) is 9. The third-order valence-electron chi connectivity index (χ3n) is 11.3. The molecule has 0 radical (unpaired) electrons. The number of ether oxygens (including phenoxy) is 3. The van der Waals surface area contributed by atoms with E-state index in [2.05, 4.69) is 10.6 Å². The van der Waals surface area contributed by atoms with Gasteiger partial charge in [0.15, 0.2) is 0 Å². The van der Waals surface area contributed by atoms with Crippen molar-refractivity contribution >= 4 is 33.8 Å². The Labute approximate surface area is 312 Å². The van der Waals surface area contributed by atoms with Gasteiger partial charge in [-0.15, -0.1) is 0 Å². The van der Waals surface area contributed by atoms with Crippen LogP contribution in [0.5, 0.6) is 11.5 Å². The second kappa shape index (κ2) is 14.0. The molecule has 0 aromatic heterocycles. The fraction of sp³-hybridized carbons (Fsp3) is 0.579. The Hall–Kier alpha value is -4.47. The largest absolute Gasteiger partial charge is 0.493 e. The number of alkyl halides is 2. The number of fused-ring (bicyclic) bond motifs is 6. The minimum absolute atomic E-state index is 0.0585. The molecule has 4 amide bonds. The van der Waals surface area contributed by atoms with Gasteiger partial charge >= 0.3 is 6.09 Å². The number of carbonyl (C=O) groups excluding carboxylic acids is 4. The normalized spacial score (nSPS) is 28.2. The number of rotatable bonds is 6. The van der Waals surface area contributed by atoms with Gasteiger partial charge in [-0.05, 0) is 61.3 Å². The molecule has 3 aliphatic carbocycles. The van der Waals surface area contributed by atoms with Gasteiger partial charge in [0.2, 0.25) is 28.3 Å². The zero-order valence-corrected chi connectivity index (χ0v) is 31.3. The topological polar surface area (TPSA) is 169 Å². The summed E-state index contributed by atoms with van der Waals surface area (Å²) in [6.45, 7) is 5.46. The van der Waals surface area contributed by atoms with Gasteiger partial charge in [0, 0.05) is 17.4 Å². The van der Waals surface area contributed by atoms with E-state index >= 15 is 0 Å². The number of benzene rings is 2. The Bertz CT molecular complexity index is 1930. The fourth-order valence-corrected chi connectivity index (χ4v) is 8.95. The van der Waals surface area contributed by atoms with Crippen LogP contribution in [-0.2, 0) is 29.1 Å². The number of cyclic esters (lactones) is 1. The van der Waals surface area contributed by atoms with Gasteiger partial charge in [-0.2, -0.15) is 0 Å². The molecular formula is C38H46F2N4O9S. The molecule has 16 heteroatoms. The first-order valence-corrected chi connectivity index (χ1v) is 19.9. The molecule has 54 heavy (non-hydrogen) atoms. The van der Waals surface area contributed by atoms with Crippen LogP contribution in [0.15, 0.2) is 48.5 Å². The Morgan fingerprint density at radius 2 is 1.74 bits per heavy atom. The molecule has 4 bridgehead atoms. The van der Waals surface area contributed by atoms with E-state index in [0.717, 1.165) is 30.4 Å². The molecule has 3 N–H and O–H groups in total. The summed E-state index contributed by atoms with van der Waals surface area (Å²) in [6, 6.07) is 12.2. The molecule has 13 nitrogen and oxygen atoms in total. The lowest BCUT2D eigenvalue weighted by molar-refractivity contribution is -0.143. The molecule has 2 unspecified atom stereocenters. The van der Waals surface area contributed by atoms with Gasteiger partial charge in [-0.3, -0.25) is 19.1 Å². The van der Waals surface area contributed by atoms with E-state index in [1.54, 1.807) is 32.9 Å². The van der Waals surface area contributed by atoms with E-state index in [4.69, 9.17) is 14.2 Å². The first-order valence-electron chi connectivity index (χ1n) is 18.4. The highest BCUT2D eigenvalue weighted by atomic mass is 32.2. The van der Waals surface area contributed by atoms with Crippen molar-refractivity contribution < 1.29 is 50.6 Å². The monoisotopic (exact) mass is 772 g/mol. The van der Waals surface area contributed by atoms with Crippen LogP contribution in [0.4, 0.5) is 13.6 Å². The van der Waals surface area contributed by atoms with Crippen molar-refractivity contribution in [1.82, 2.24) is 20.3 Å². The molecule has 2 heterocycles.